The molecule has 0 N–H and O–H groups in total. The molecule has 0 aromatic heterocycles. The first-order valence-electron chi connectivity index (χ1n) is 36.9. The number of ether oxygens (including phenoxy) is 2. The Labute approximate surface area is 544 Å². The molecule has 88 heavy (non-hydrogen) atoms. The lowest BCUT2D eigenvalue weighted by Gasteiger charge is -2.28. The number of quaternary nitrogens is 1. The van der Waals surface area contributed by atoms with E-state index >= 15 is 0 Å². The van der Waals surface area contributed by atoms with Gasteiger partial charge in [-0.2, -0.15) is 0 Å². The van der Waals surface area contributed by atoms with Crippen molar-refractivity contribution in [2.24, 2.45) is 0 Å². The zero-order valence-electron chi connectivity index (χ0n) is 58.2. The molecule has 9 nitrogen and oxygen atoms in total. The standard InChI is InChI=1S/C78H140NO8P/c1-6-8-10-12-14-16-18-20-22-24-26-28-30-32-34-36-38-39-41-42-44-46-48-50-52-54-56-58-60-62-64-66-68-70-77(80)84-74-76(75-86-88(82,83)85-73-72-79(3,4)5)87-78(81)71-69-67-65-63-61-59-57-55-53-51-49-47-45-43-40-37-35-33-31-29-27-25-23-21-19-17-15-13-11-9-7-2/h9,11,15,17,21,23-24,26-27,29,33,35,40,43,47,49,76H,6-8,10,12-14,16,18-20,22,25,28,30-32,34,36-39,41-42,44-46,48,50-75H2,1-5H3/b11-9-,17-15-,23-21-,26-24-,29-27-,35-33-,43-40-,49-47-. The van der Waals surface area contributed by atoms with Crippen LogP contribution in [0.2, 0.25) is 0 Å². The summed E-state index contributed by atoms with van der Waals surface area (Å²) in [6, 6.07) is 0. The van der Waals surface area contributed by atoms with Gasteiger partial charge in [-0.3, -0.25) is 14.2 Å². The topological polar surface area (TPSA) is 111 Å². The van der Waals surface area contributed by atoms with E-state index in [2.05, 4.69) is 111 Å². The summed E-state index contributed by atoms with van der Waals surface area (Å²) >= 11 is 0. The highest BCUT2D eigenvalue weighted by atomic mass is 31.2. The largest absolute Gasteiger partial charge is 0.756 e. The first-order chi connectivity index (χ1) is 43.0. The number of rotatable bonds is 68. The summed E-state index contributed by atoms with van der Waals surface area (Å²) in [7, 11) is 1.16. The van der Waals surface area contributed by atoms with Gasteiger partial charge >= 0.3 is 11.9 Å². The van der Waals surface area contributed by atoms with Crippen molar-refractivity contribution in [2.45, 2.75) is 341 Å². The van der Waals surface area contributed by atoms with Crippen LogP contribution in [0.4, 0.5) is 0 Å². The summed E-state index contributed by atoms with van der Waals surface area (Å²) in [5.74, 6) is -0.831. The number of carbonyl (C=O) groups excluding carboxylic acids is 2. The number of carbonyl (C=O) groups is 2. The number of hydrogen-bond donors (Lipinski definition) is 0. The lowest BCUT2D eigenvalue weighted by Crippen LogP contribution is -2.37. The smallest absolute Gasteiger partial charge is 0.306 e. The predicted octanol–water partition coefficient (Wildman–Crippen LogP) is 23.6. The van der Waals surface area contributed by atoms with E-state index in [9.17, 15) is 19.0 Å². The molecule has 0 fully saturated rings. The fourth-order valence-electron chi connectivity index (χ4n) is 10.5. The molecule has 0 heterocycles. The van der Waals surface area contributed by atoms with E-state index in [0.717, 1.165) is 89.9 Å². The summed E-state index contributed by atoms with van der Waals surface area (Å²) < 4.78 is 34.4. The van der Waals surface area contributed by atoms with Crippen molar-refractivity contribution < 1.29 is 42.1 Å². The molecule has 2 atom stereocenters. The summed E-state index contributed by atoms with van der Waals surface area (Å²) in [5.41, 5.74) is 0. The minimum Gasteiger partial charge on any atom is -0.756 e. The van der Waals surface area contributed by atoms with Crippen LogP contribution in [0.3, 0.4) is 0 Å². The maximum atomic E-state index is 12.9. The fourth-order valence-corrected chi connectivity index (χ4v) is 11.2. The monoisotopic (exact) mass is 1250 g/mol. The molecule has 0 aliphatic heterocycles. The maximum absolute atomic E-state index is 12.9. The molecule has 0 spiro atoms. The van der Waals surface area contributed by atoms with E-state index in [1.54, 1.807) is 0 Å². The number of phosphoric acid groups is 1. The molecular formula is C78H140NO8P. The van der Waals surface area contributed by atoms with Crippen molar-refractivity contribution >= 4 is 19.8 Å². The molecule has 0 saturated carbocycles. The number of unbranched alkanes of at least 4 members (excludes halogenated alkanes) is 38. The van der Waals surface area contributed by atoms with Crippen LogP contribution < -0.4 is 4.89 Å². The highest BCUT2D eigenvalue weighted by Crippen LogP contribution is 2.38. The van der Waals surface area contributed by atoms with Gasteiger partial charge in [-0.15, -0.1) is 0 Å². The third-order valence-electron chi connectivity index (χ3n) is 16.1. The minimum absolute atomic E-state index is 0.0347. The Morgan fingerprint density at radius 2 is 0.648 bits per heavy atom. The Kier molecular flexibility index (Phi) is 65.9. The maximum Gasteiger partial charge on any atom is 0.306 e. The second-order valence-electron chi connectivity index (χ2n) is 25.9. The van der Waals surface area contributed by atoms with Crippen LogP contribution in [0, 0.1) is 0 Å². The third kappa shape index (κ3) is 72.0. The van der Waals surface area contributed by atoms with Gasteiger partial charge in [0.25, 0.3) is 7.82 Å². The van der Waals surface area contributed by atoms with E-state index in [4.69, 9.17) is 18.5 Å². The number of allylic oxidation sites excluding steroid dienone is 16. The summed E-state index contributed by atoms with van der Waals surface area (Å²) in [6.45, 7) is 4.16. The first-order valence-corrected chi connectivity index (χ1v) is 38.4. The lowest BCUT2D eigenvalue weighted by atomic mass is 10.0. The van der Waals surface area contributed by atoms with Crippen molar-refractivity contribution in [3.63, 3.8) is 0 Å². The van der Waals surface area contributed by atoms with Gasteiger partial charge in [-0.1, -0.05) is 323 Å². The van der Waals surface area contributed by atoms with Gasteiger partial charge in [0.15, 0.2) is 6.10 Å². The fraction of sp³-hybridized carbons (Fsp3) is 0.769. The van der Waals surface area contributed by atoms with Crippen LogP contribution in [-0.4, -0.2) is 70.0 Å². The second-order valence-corrected chi connectivity index (χ2v) is 27.3. The van der Waals surface area contributed by atoms with E-state index < -0.39 is 26.5 Å². The molecule has 10 heteroatoms. The highest BCUT2D eigenvalue weighted by Gasteiger charge is 2.22. The van der Waals surface area contributed by atoms with Crippen LogP contribution in [0.25, 0.3) is 0 Å². The first kappa shape index (κ1) is 84.9. The Morgan fingerprint density at radius 1 is 0.364 bits per heavy atom. The Hall–Kier alpha value is -3.07. The molecule has 0 aromatic rings. The third-order valence-corrected chi connectivity index (χ3v) is 17.1. The van der Waals surface area contributed by atoms with Gasteiger partial charge in [0.1, 0.15) is 19.8 Å². The summed E-state index contributed by atoms with van der Waals surface area (Å²) in [6.07, 6.45) is 95.0. The number of nitrogens with zero attached hydrogens (tertiary/aromatic N) is 1. The molecule has 0 rings (SSSR count). The van der Waals surface area contributed by atoms with Crippen LogP contribution in [-0.2, 0) is 32.7 Å². The van der Waals surface area contributed by atoms with Crippen molar-refractivity contribution in [1.82, 2.24) is 0 Å². The van der Waals surface area contributed by atoms with Crippen molar-refractivity contribution in [1.29, 1.82) is 0 Å². The van der Waals surface area contributed by atoms with Crippen LogP contribution in [0.5, 0.6) is 0 Å². The zero-order valence-corrected chi connectivity index (χ0v) is 59.1. The quantitative estimate of drug-likeness (QED) is 0.0195. The summed E-state index contributed by atoms with van der Waals surface area (Å²) in [4.78, 5) is 38.1. The molecule has 0 saturated heterocycles. The van der Waals surface area contributed by atoms with E-state index in [1.807, 2.05) is 21.1 Å². The Balaban J connectivity index is 4.03. The lowest BCUT2D eigenvalue weighted by molar-refractivity contribution is -0.870. The number of phosphoric ester groups is 1. The normalized spacial score (nSPS) is 13.7. The summed E-state index contributed by atoms with van der Waals surface area (Å²) in [5, 5.41) is 0. The van der Waals surface area contributed by atoms with Crippen LogP contribution in [0.15, 0.2) is 97.2 Å². The van der Waals surface area contributed by atoms with Gasteiger partial charge in [-0.05, 0) is 96.3 Å². The van der Waals surface area contributed by atoms with Crippen LogP contribution in [0.1, 0.15) is 335 Å². The molecule has 0 amide bonds. The Morgan fingerprint density at radius 3 is 0.977 bits per heavy atom. The van der Waals surface area contributed by atoms with Crippen molar-refractivity contribution in [2.75, 3.05) is 47.5 Å². The van der Waals surface area contributed by atoms with Crippen molar-refractivity contribution in [3.05, 3.63) is 97.2 Å². The molecular weight excluding hydrogens is 1110 g/mol. The molecule has 510 valence electrons. The molecule has 0 aromatic carbocycles. The molecule has 0 aliphatic rings. The second kappa shape index (κ2) is 68.3. The average Bonchev–Trinajstić information content (AvgIpc) is 3.68. The average molecular weight is 1250 g/mol. The van der Waals surface area contributed by atoms with Crippen LogP contribution >= 0.6 is 7.82 Å². The number of esters is 2. The van der Waals surface area contributed by atoms with E-state index in [-0.39, 0.29) is 32.0 Å². The molecule has 2 unspecified atom stereocenters. The van der Waals surface area contributed by atoms with Gasteiger partial charge in [-0.25, -0.2) is 0 Å². The molecule has 0 bridgehead atoms. The minimum atomic E-state index is -4.65. The zero-order chi connectivity index (χ0) is 64.1. The Bertz CT molecular complexity index is 1810. The number of hydrogen-bond acceptors (Lipinski definition) is 8. The molecule has 0 aliphatic carbocycles. The van der Waals surface area contributed by atoms with Gasteiger partial charge in [0, 0.05) is 12.8 Å². The van der Waals surface area contributed by atoms with Crippen molar-refractivity contribution in [3.8, 4) is 0 Å². The molecule has 0 radical (unpaired) electrons. The predicted molar refractivity (Wildman–Crippen MR) is 379 cm³/mol. The van der Waals surface area contributed by atoms with Gasteiger partial charge in [0.05, 0.1) is 27.7 Å². The van der Waals surface area contributed by atoms with E-state index in [0.29, 0.717) is 17.4 Å². The highest BCUT2D eigenvalue weighted by molar-refractivity contribution is 7.45. The van der Waals surface area contributed by atoms with Gasteiger partial charge < -0.3 is 27.9 Å². The van der Waals surface area contributed by atoms with E-state index in [1.165, 1.54) is 212 Å². The SMILES string of the molecule is CC/C=C\C/C=C\C/C=C\C/C=C\C/C=C\C/C=C\C/C=C\CCCCCCCCCCCC(=O)OC(COC(=O)CCCCCCCCCCCCCCCCCCCCCCC/C=C\CCCCCCCCCC)COP(=O)([O-])OCC[N+](C)(C)C. The number of likely N-dealkylation sites (N-methyl/N-ethyl adjacent to an activating group) is 1. The van der Waals surface area contributed by atoms with Gasteiger partial charge in [0.2, 0.25) is 0 Å².